The van der Waals surface area contributed by atoms with Crippen LogP contribution in [0.15, 0.2) is 59.5 Å². The Labute approximate surface area is 356 Å². The van der Waals surface area contributed by atoms with Crippen molar-refractivity contribution < 1.29 is 37.2 Å². The molecule has 2 rings (SSSR count). The van der Waals surface area contributed by atoms with Gasteiger partial charge in [0.2, 0.25) is 33.7 Å². The van der Waals surface area contributed by atoms with Crippen molar-refractivity contribution in [2.24, 2.45) is 17.1 Å². The molecule has 0 aromatic heterocycles. The minimum absolute atomic E-state index is 0.0164. The van der Waals surface area contributed by atoms with Gasteiger partial charge in [-0.1, -0.05) is 70.5 Å². The second-order valence-corrected chi connectivity index (χ2v) is 19.2. The molecule has 0 saturated heterocycles. The van der Waals surface area contributed by atoms with Gasteiger partial charge in [0.1, 0.15) is 18.1 Å². The van der Waals surface area contributed by atoms with Crippen LogP contribution in [0.5, 0.6) is 0 Å². The maximum atomic E-state index is 13.9. The number of urea groups is 1. The van der Waals surface area contributed by atoms with Gasteiger partial charge in [-0.05, 0) is 96.4 Å². The summed E-state index contributed by atoms with van der Waals surface area (Å²) in [6, 6.07) is 9.91. The first-order valence-electron chi connectivity index (χ1n) is 20.6. The Balaban J connectivity index is 2.17. The summed E-state index contributed by atoms with van der Waals surface area (Å²) in [4.78, 5) is 78.2. The first-order chi connectivity index (χ1) is 27.9. The van der Waals surface area contributed by atoms with Crippen LogP contribution in [-0.4, -0.2) is 86.7 Å². The van der Waals surface area contributed by atoms with E-state index in [1.807, 2.05) is 60.6 Å². The quantitative estimate of drug-likeness (QED) is 0.0715. The van der Waals surface area contributed by atoms with E-state index in [-0.39, 0.29) is 54.5 Å². The Morgan fingerprint density at radius 2 is 1.28 bits per heavy atom. The van der Waals surface area contributed by atoms with Crippen molar-refractivity contribution in [2.45, 2.75) is 142 Å². The fraction of sp³-hybridized carbons (Fsp3) is 0.581. The summed E-state index contributed by atoms with van der Waals surface area (Å²) in [7, 11) is -4.17. The van der Waals surface area contributed by atoms with Crippen molar-refractivity contribution in [1.82, 2.24) is 31.3 Å². The minimum atomic E-state index is -4.17. The number of unbranched alkanes of at least 4 members (excludes halogenated alkanes) is 1. The van der Waals surface area contributed by atoms with E-state index < -0.39 is 69.3 Å². The van der Waals surface area contributed by atoms with E-state index in [0.717, 1.165) is 5.56 Å². The van der Waals surface area contributed by atoms with Crippen molar-refractivity contribution in [3.8, 4) is 0 Å². The van der Waals surface area contributed by atoms with E-state index in [4.69, 9.17) is 5.73 Å². The van der Waals surface area contributed by atoms with Crippen LogP contribution in [0.25, 0.3) is 0 Å². The molecule has 0 saturated carbocycles. The monoisotopic (exact) mass is 856 g/mol. The summed E-state index contributed by atoms with van der Waals surface area (Å²) in [6.07, 6.45) is 1.62. The first kappa shape index (κ1) is 51.3. The lowest BCUT2D eigenvalue weighted by Crippen LogP contribution is -2.57. The molecule has 4 atom stereocenters. The van der Waals surface area contributed by atoms with Gasteiger partial charge in [-0.15, -0.1) is 0 Å². The standard InChI is InChI=1S/C43H68N8O8S/c1-28(2)36(40(56)48-33(19-15-27-46-41(44)57)38(54)47-30-22-20-29(3)21-23-30)49-39(55)34(51-60(58,59)31-16-11-10-12-17-31)18-13-14-26-45-35(52)25-24-32(50-43(7,8)9)37(53)42(4,5)6/h10-12,16-17,20-23,28,32-34,36,50-51H,13-15,18-19,24-27H2,1-9H3,(H,45,52)(H,47,54)(H,48,56)(H,49,55)(H3,44,46,57)/t32-,33+,34+,36+/m1/s1. The molecule has 0 spiro atoms. The van der Waals surface area contributed by atoms with E-state index in [9.17, 15) is 37.2 Å². The summed E-state index contributed by atoms with van der Waals surface area (Å²) < 4.78 is 29.3. The van der Waals surface area contributed by atoms with E-state index in [2.05, 4.69) is 36.6 Å². The minimum Gasteiger partial charge on any atom is -0.356 e. The number of nitrogens with one attached hydrogen (secondary N) is 7. The molecule has 2 aromatic rings. The Bertz CT molecular complexity index is 1840. The second-order valence-electron chi connectivity index (χ2n) is 17.5. The van der Waals surface area contributed by atoms with Crippen molar-refractivity contribution in [3.63, 3.8) is 0 Å². The largest absolute Gasteiger partial charge is 0.356 e. The molecular formula is C43H68N8O8S. The van der Waals surface area contributed by atoms with Gasteiger partial charge in [-0.3, -0.25) is 24.0 Å². The molecule has 0 unspecified atom stereocenters. The van der Waals surface area contributed by atoms with Crippen molar-refractivity contribution in [3.05, 3.63) is 60.2 Å². The van der Waals surface area contributed by atoms with Gasteiger partial charge in [0.25, 0.3) is 0 Å². The number of nitrogens with two attached hydrogens (primary N) is 1. The molecule has 17 heteroatoms. The first-order valence-corrected chi connectivity index (χ1v) is 22.1. The van der Waals surface area contributed by atoms with Gasteiger partial charge in [-0.2, -0.15) is 4.72 Å². The van der Waals surface area contributed by atoms with Crippen molar-refractivity contribution >= 4 is 51.2 Å². The topological polar surface area (TPSA) is 247 Å². The summed E-state index contributed by atoms with van der Waals surface area (Å²) >= 11 is 0. The number of benzene rings is 2. The molecule has 0 aliphatic rings. The summed E-state index contributed by atoms with van der Waals surface area (Å²) in [5.74, 6) is -2.63. The summed E-state index contributed by atoms with van der Waals surface area (Å²) in [5.41, 5.74) is 5.76. The van der Waals surface area contributed by atoms with E-state index in [1.165, 1.54) is 12.1 Å². The fourth-order valence-electron chi connectivity index (χ4n) is 6.18. The van der Waals surface area contributed by atoms with Crippen LogP contribution in [-0.2, 0) is 34.0 Å². The predicted octanol–water partition coefficient (Wildman–Crippen LogP) is 3.79. The molecule has 16 nitrogen and oxygen atoms in total. The van der Waals surface area contributed by atoms with Crippen LogP contribution < -0.4 is 42.4 Å². The zero-order valence-corrected chi connectivity index (χ0v) is 37.5. The van der Waals surface area contributed by atoms with Crippen LogP contribution in [0.4, 0.5) is 10.5 Å². The number of aryl methyl sites for hydroxylation is 1. The maximum Gasteiger partial charge on any atom is 0.312 e. The van der Waals surface area contributed by atoms with Crippen LogP contribution in [0.2, 0.25) is 0 Å². The third-order valence-electron chi connectivity index (χ3n) is 9.40. The predicted molar refractivity (Wildman–Crippen MR) is 233 cm³/mol. The van der Waals surface area contributed by atoms with Gasteiger partial charge in [0, 0.05) is 36.2 Å². The zero-order chi connectivity index (χ0) is 45.3. The van der Waals surface area contributed by atoms with Crippen LogP contribution >= 0.6 is 0 Å². The van der Waals surface area contributed by atoms with Crippen LogP contribution in [0, 0.1) is 18.3 Å². The lowest BCUT2D eigenvalue weighted by atomic mass is 9.84. The van der Waals surface area contributed by atoms with Crippen molar-refractivity contribution in [1.29, 1.82) is 0 Å². The lowest BCUT2D eigenvalue weighted by molar-refractivity contribution is -0.132. The number of ketones is 1. The number of sulfonamides is 1. The smallest absolute Gasteiger partial charge is 0.312 e. The highest BCUT2D eigenvalue weighted by Gasteiger charge is 2.34. The molecule has 0 aliphatic heterocycles. The van der Waals surface area contributed by atoms with Crippen LogP contribution in [0.3, 0.4) is 0 Å². The molecule has 0 radical (unpaired) electrons. The highest BCUT2D eigenvalue weighted by atomic mass is 32.2. The summed E-state index contributed by atoms with van der Waals surface area (Å²) in [5, 5.41) is 16.9. The third kappa shape index (κ3) is 19.0. The Hall–Kier alpha value is -4.87. The normalized spacial score (nSPS) is 14.0. The molecule has 0 aliphatic carbocycles. The van der Waals surface area contributed by atoms with Gasteiger partial charge in [0.05, 0.1) is 10.9 Å². The number of carbonyl (C=O) groups excluding carboxylic acids is 6. The molecule has 0 heterocycles. The zero-order valence-electron chi connectivity index (χ0n) is 36.7. The fourth-order valence-corrected chi connectivity index (χ4v) is 7.43. The number of carbonyl (C=O) groups is 6. The number of anilines is 1. The maximum absolute atomic E-state index is 13.9. The molecule has 60 heavy (non-hydrogen) atoms. The van der Waals surface area contributed by atoms with Gasteiger partial charge >= 0.3 is 6.03 Å². The van der Waals surface area contributed by atoms with Crippen LogP contribution in [0.1, 0.15) is 106 Å². The second kappa shape index (κ2) is 23.8. The average Bonchev–Trinajstić information content (AvgIpc) is 3.15. The van der Waals surface area contributed by atoms with Gasteiger partial charge in [0.15, 0.2) is 5.78 Å². The number of hydrogen-bond acceptors (Lipinski definition) is 9. The molecule has 9 N–H and O–H groups in total. The Kier molecular flexibility index (Phi) is 20.3. The SMILES string of the molecule is Cc1ccc(NC(=O)[C@H](CCCNC(N)=O)NC(=O)[C@@H](NC(=O)[C@H](CCCCNC(=O)CC[C@@H](NC(C)(C)C)C(=O)C(C)(C)C)NS(=O)(=O)c2ccccc2)C(C)C)cc1. The molecule has 2 aromatic carbocycles. The van der Waals surface area contributed by atoms with E-state index >= 15 is 0 Å². The highest BCUT2D eigenvalue weighted by molar-refractivity contribution is 7.89. The summed E-state index contributed by atoms with van der Waals surface area (Å²) in [6.45, 7) is 17.1. The molecular weight excluding hydrogens is 789 g/mol. The van der Waals surface area contributed by atoms with Gasteiger partial charge in [-0.25, -0.2) is 13.2 Å². The molecule has 0 bridgehead atoms. The highest BCUT2D eigenvalue weighted by Crippen LogP contribution is 2.21. The third-order valence-corrected chi connectivity index (χ3v) is 10.9. The number of primary amides is 1. The number of hydrogen-bond donors (Lipinski definition) is 8. The Morgan fingerprint density at radius 1 is 0.683 bits per heavy atom. The number of Topliss-reactive ketones (excluding diaryl/α,β-unsaturated/α-hetero) is 1. The molecule has 0 fully saturated rings. The van der Waals surface area contributed by atoms with Gasteiger partial charge < -0.3 is 37.6 Å². The number of rotatable bonds is 24. The number of amides is 6. The Morgan fingerprint density at radius 3 is 1.85 bits per heavy atom. The van der Waals surface area contributed by atoms with E-state index in [0.29, 0.717) is 31.4 Å². The van der Waals surface area contributed by atoms with E-state index in [1.54, 1.807) is 44.2 Å². The lowest BCUT2D eigenvalue weighted by Gasteiger charge is -2.31. The molecule has 6 amide bonds. The average molecular weight is 857 g/mol. The van der Waals surface area contributed by atoms with Crippen molar-refractivity contribution in [2.75, 3.05) is 18.4 Å². The molecule has 334 valence electrons.